The molecule has 0 aromatic carbocycles. The molecule has 0 aliphatic heterocycles. The van der Waals surface area contributed by atoms with Crippen molar-refractivity contribution in [2.24, 2.45) is 5.73 Å². The van der Waals surface area contributed by atoms with Crippen molar-refractivity contribution in [2.75, 3.05) is 21.1 Å². The number of carbonyl (C=O) groups excluding carboxylic acids is 1. The van der Waals surface area contributed by atoms with Gasteiger partial charge in [0.05, 0.1) is 11.0 Å². The SMILES string of the molecule is CC(CC(N)=S)N(C)C(C)C(=O)N(C)C. The highest BCUT2D eigenvalue weighted by atomic mass is 32.1. The first kappa shape index (κ1) is 14.3. The van der Waals surface area contributed by atoms with Crippen molar-refractivity contribution in [1.29, 1.82) is 0 Å². The minimum atomic E-state index is -0.149. The number of amides is 1. The number of likely N-dealkylation sites (N-methyl/N-ethyl adjacent to an activating group) is 2. The van der Waals surface area contributed by atoms with Gasteiger partial charge in [0.1, 0.15) is 0 Å². The van der Waals surface area contributed by atoms with Crippen molar-refractivity contribution in [3.05, 3.63) is 0 Å². The summed E-state index contributed by atoms with van der Waals surface area (Å²) in [4.78, 5) is 15.8. The molecular formula is C10H21N3OS. The molecule has 88 valence electrons. The van der Waals surface area contributed by atoms with Gasteiger partial charge in [-0.1, -0.05) is 12.2 Å². The number of nitrogens with two attached hydrogens (primary N) is 1. The van der Waals surface area contributed by atoms with Crippen LogP contribution in [-0.2, 0) is 4.79 Å². The van der Waals surface area contributed by atoms with Crippen LogP contribution in [0, 0.1) is 0 Å². The van der Waals surface area contributed by atoms with Crippen molar-refractivity contribution < 1.29 is 4.79 Å². The van der Waals surface area contributed by atoms with Crippen LogP contribution in [0.15, 0.2) is 0 Å². The first-order valence-electron chi connectivity index (χ1n) is 4.98. The van der Waals surface area contributed by atoms with Crippen LogP contribution in [-0.4, -0.2) is 53.9 Å². The number of nitrogens with zero attached hydrogens (tertiary/aromatic N) is 2. The van der Waals surface area contributed by atoms with E-state index in [1.54, 1.807) is 19.0 Å². The third-order valence-electron chi connectivity index (χ3n) is 2.60. The van der Waals surface area contributed by atoms with E-state index < -0.39 is 0 Å². The second kappa shape index (κ2) is 6.02. The van der Waals surface area contributed by atoms with Crippen LogP contribution in [0.2, 0.25) is 0 Å². The lowest BCUT2D eigenvalue weighted by Crippen LogP contribution is -2.47. The molecule has 0 aliphatic rings. The Bertz CT molecular complexity index is 243. The summed E-state index contributed by atoms with van der Waals surface area (Å²) in [5.41, 5.74) is 5.48. The monoisotopic (exact) mass is 231 g/mol. The Labute approximate surface area is 97.4 Å². The lowest BCUT2D eigenvalue weighted by molar-refractivity contribution is -0.134. The smallest absolute Gasteiger partial charge is 0.239 e. The van der Waals surface area contributed by atoms with Crippen molar-refractivity contribution >= 4 is 23.1 Å². The van der Waals surface area contributed by atoms with Gasteiger partial charge >= 0.3 is 0 Å². The van der Waals surface area contributed by atoms with E-state index in [9.17, 15) is 4.79 Å². The van der Waals surface area contributed by atoms with E-state index in [0.717, 1.165) is 0 Å². The van der Waals surface area contributed by atoms with Crippen molar-refractivity contribution in [1.82, 2.24) is 9.80 Å². The average molecular weight is 231 g/mol. The Hall–Kier alpha value is -0.680. The highest BCUT2D eigenvalue weighted by Crippen LogP contribution is 2.07. The molecule has 0 radical (unpaired) electrons. The molecule has 0 saturated heterocycles. The van der Waals surface area contributed by atoms with Gasteiger partial charge in [0, 0.05) is 26.6 Å². The topological polar surface area (TPSA) is 49.6 Å². The van der Waals surface area contributed by atoms with E-state index in [0.29, 0.717) is 11.4 Å². The lowest BCUT2D eigenvalue weighted by Gasteiger charge is -2.31. The molecule has 5 heteroatoms. The van der Waals surface area contributed by atoms with Crippen LogP contribution >= 0.6 is 12.2 Å². The second-order valence-corrected chi connectivity index (χ2v) is 4.62. The van der Waals surface area contributed by atoms with Gasteiger partial charge < -0.3 is 10.6 Å². The quantitative estimate of drug-likeness (QED) is 0.698. The maximum absolute atomic E-state index is 11.7. The summed E-state index contributed by atoms with van der Waals surface area (Å²) >= 11 is 4.85. The fourth-order valence-corrected chi connectivity index (χ4v) is 1.61. The van der Waals surface area contributed by atoms with Crippen LogP contribution in [0.25, 0.3) is 0 Å². The maximum atomic E-state index is 11.7. The molecule has 0 aromatic heterocycles. The van der Waals surface area contributed by atoms with E-state index in [4.69, 9.17) is 18.0 Å². The van der Waals surface area contributed by atoms with E-state index in [1.165, 1.54) is 0 Å². The molecule has 0 bridgehead atoms. The Morgan fingerprint density at radius 1 is 1.33 bits per heavy atom. The number of thiocarbonyl (C=S) groups is 1. The summed E-state index contributed by atoms with van der Waals surface area (Å²) in [5.74, 6) is 0.0901. The maximum Gasteiger partial charge on any atom is 0.239 e. The molecule has 2 unspecified atom stereocenters. The van der Waals surface area contributed by atoms with E-state index in [-0.39, 0.29) is 18.0 Å². The molecule has 1 amide bonds. The second-order valence-electron chi connectivity index (χ2n) is 4.09. The predicted molar refractivity (Wildman–Crippen MR) is 66.8 cm³/mol. The van der Waals surface area contributed by atoms with Gasteiger partial charge in [0.2, 0.25) is 5.91 Å². The van der Waals surface area contributed by atoms with Crippen molar-refractivity contribution in [3.8, 4) is 0 Å². The van der Waals surface area contributed by atoms with Crippen LogP contribution in [0.4, 0.5) is 0 Å². The number of carbonyl (C=O) groups is 1. The molecule has 0 fully saturated rings. The van der Waals surface area contributed by atoms with Crippen LogP contribution in [0.5, 0.6) is 0 Å². The van der Waals surface area contributed by atoms with Gasteiger partial charge in [0.25, 0.3) is 0 Å². The lowest BCUT2D eigenvalue weighted by atomic mass is 10.1. The van der Waals surface area contributed by atoms with Gasteiger partial charge in [-0.05, 0) is 20.9 Å². The van der Waals surface area contributed by atoms with E-state index in [1.807, 2.05) is 25.8 Å². The minimum Gasteiger partial charge on any atom is -0.393 e. The molecule has 0 spiro atoms. The normalized spacial score (nSPS) is 14.8. The first-order valence-corrected chi connectivity index (χ1v) is 5.39. The van der Waals surface area contributed by atoms with Crippen molar-refractivity contribution in [2.45, 2.75) is 32.4 Å². The van der Waals surface area contributed by atoms with E-state index in [2.05, 4.69) is 0 Å². The summed E-state index contributed by atoms with van der Waals surface area (Å²) in [6.07, 6.45) is 0.636. The summed E-state index contributed by atoms with van der Waals surface area (Å²) in [7, 11) is 5.42. The zero-order valence-corrected chi connectivity index (χ0v) is 11.0. The Balaban J connectivity index is 4.36. The third kappa shape index (κ3) is 4.57. The third-order valence-corrected chi connectivity index (χ3v) is 2.77. The fourth-order valence-electron chi connectivity index (χ4n) is 1.36. The highest BCUT2D eigenvalue weighted by Gasteiger charge is 2.23. The molecule has 0 aromatic rings. The molecule has 0 aliphatic carbocycles. The number of rotatable bonds is 5. The predicted octanol–water partition coefficient (Wildman–Crippen LogP) is 0.460. The summed E-state index contributed by atoms with van der Waals surface area (Å²) in [6, 6.07) is 0.0331. The zero-order chi connectivity index (χ0) is 12.2. The zero-order valence-electron chi connectivity index (χ0n) is 10.2. The molecule has 15 heavy (non-hydrogen) atoms. The highest BCUT2D eigenvalue weighted by molar-refractivity contribution is 7.80. The van der Waals surface area contributed by atoms with Gasteiger partial charge in [-0.2, -0.15) is 0 Å². The standard InChI is InChI=1S/C10H21N3OS/c1-7(6-9(11)15)13(5)8(2)10(14)12(3)4/h7-8H,6H2,1-5H3,(H2,11,15). The van der Waals surface area contributed by atoms with Gasteiger partial charge in [-0.3, -0.25) is 9.69 Å². The van der Waals surface area contributed by atoms with E-state index >= 15 is 0 Å². The Morgan fingerprint density at radius 2 is 1.80 bits per heavy atom. The van der Waals surface area contributed by atoms with Crippen LogP contribution in [0.1, 0.15) is 20.3 Å². The fraction of sp³-hybridized carbons (Fsp3) is 0.800. The Morgan fingerprint density at radius 3 is 2.13 bits per heavy atom. The molecule has 2 N–H and O–H groups in total. The summed E-state index contributed by atoms with van der Waals surface area (Å²) in [5, 5.41) is 0. The van der Waals surface area contributed by atoms with Crippen LogP contribution < -0.4 is 5.73 Å². The largest absolute Gasteiger partial charge is 0.393 e. The van der Waals surface area contributed by atoms with Gasteiger partial charge in [-0.25, -0.2) is 0 Å². The molecule has 2 atom stereocenters. The van der Waals surface area contributed by atoms with Crippen molar-refractivity contribution in [3.63, 3.8) is 0 Å². The average Bonchev–Trinajstić information content (AvgIpc) is 2.13. The van der Waals surface area contributed by atoms with Gasteiger partial charge in [0.15, 0.2) is 0 Å². The summed E-state index contributed by atoms with van der Waals surface area (Å²) in [6.45, 7) is 3.90. The molecule has 0 heterocycles. The number of hydrogen-bond donors (Lipinski definition) is 1. The number of hydrogen-bond acceptors (Lipinski definition) is 3. The molecular weight excluding hydrogens is 210 g/mol. The van der Waals surface area contributed by atoms with Gasteiger partial charge in [-0.15, -0.1) is 0 Å². The molecule has 0 saturated carbocycles. The summed E-state index contributed by atoms with van der Waals surface area (Å²) < 4.78 is 0. The Kier molecular flexibility index (Phi) is 5.75. The van der Waals surface area contributed by atoms with Crippen LogP contribution in [0.3, 0.4) is 0 Å². The first-order chi connectivity index (χ1) is 6.77. The molecule has 4 nitrogen and oxygen atoms in total. The minimum absolute atomic E-state index is 0.0901. The molecule has 0 rings (SSSR count).